The molecule has 0 saturated carbocycles. The third-order valence-electron chi connectivity index (χ3n) is 2.67. The van der Waals surface area contributed by atoms with Gasteiger partial charge in [0.05, 0.1) is 5.69 Å². The monoisotopic (exact) mass is 250 g/mol. The summed E-state index contributed by atoms with van der Waals surface area (Å²) in [5, 5.41) is 3.67. The normalized spacial score (nSPS) is 10.5. The zero-order valence-corrected chi connectivity index (χ0v) is 10.7. The summed E-state index contributed by atoms with van der Waals surface area (Å²) in [7, 11) is 1.80. The zero-order valence-electron chi connectivity index (χ0n) is 9.96. The molecular weight excluding hydrogens is 236 g/mol. The van der Waals surface area contributed by atoms with Crippen molar-refractivity contribution in [1.29, 1.82) is 0 Å². The van der Waals surface area contributed by atoms with Crippen molar-refractivity contribution in [3.05, 3.63) is 46.3 Å². The fourth-order valence-corrected chi connectivity index (χ4v) is 1.81. The molecule has 0 amide bonds. The third-order valence-corrected chi connectivity index (χ3v) is 2.92. The van der Waals surface area contributed by atoms with Gasteiger partial charge in [-0.25, -0.2) is 0 Å². The lowest BCUT2D eigenvalue weighted by Gasteiger charge is -1.99. The fourth-order valence-electron chi connectivity index (χ4n) is 1.68. The van der Waals surface area contributed by atoms with Crippen molar-refractivity contribution in [3.63, 3.8) is 0 Å². The minimum Gasteiger partial charge on any atom is -0.429 e. The van der Waals surface area contributed by atoms with Crippen molar-refractivity contribution in [1.82, 2.24) is 4.98 Å². The second kappa shape index (κ2) is 5.23. The zero-order chi connectivity index (χ0) is 12.3. The van der Waals surface area contributed by atoms with Crippen molar-refractivity contribution < 1.29 is 4.42 Å². The van der Waals surface area contributed by atoms with E-state index in [1.807, 2.05) is 31.2 Å². The van der Waals surface area contributed by atoms with E-state index in [0.717, 1.165) is 29.3 Å². The molecule has 0 radical (unpaired) electrons. The maximum atomic E-state index is 5.84. The van der Waals surface area contributed by atoms with E-state index in [4.69, 9.17) is 16.0 Å². The highest BCUT2D eigenvalue weighted by molar-refractivity contribution is 6.30. The fraction of sp³-hybridized carbons (Fsp3) is 0.308. The number of anilines is 1. The quantitative estimate of drug-likeness (QED) is 0.903. The van der Waals surface area contributed by atoms with Gasteiger partial charge in [0.2, 0.25) is 0 Å². The van der Waals surface area contributed by atoms with Gasteiger partial charge in [-0.2, -0.15) is 4.98 Å². The number of halogens is 1. The Bertz CT molecular complexity index is 491. The summed E-state index contributed by atoms with van der Waals surface area (Å²) < 4.78 is 5.43. The number of nitrogens with zero attached hydrogens (tertiary/aromatic N) is 1. The largest absolute Gasteiger partial charge is 0.429 e. The number of aromatic nitrogens is 1. The van der Waals surface area contributed by atoms with Gasteiger partial charge < -0.3 is 9.73 Å². The molecule has 2 aromatic rings. The minimum absolute atomic E-state index is 0.577. The van der Waals surface area contributed by atoms with Crippen molar-refractivity contribution in [2.75, 3.05) is 12.4 Å². The first kappa shape index (κ1) is 12.0. The van der Waals surface area contributed by atoms with E-state index in [0.29, 0.717) is 6.01 Å². The molecule has 0 bridgehead atoms. The molecule has 1 heterocycles. The third kappa shape index (κ3) is 3.01. The molecule has 17 heavy (non-hydrogen) atoms. The van der Waals surface area contributed by atoms with E-state index in [2.05, 4.69) is 10.3 Å². The molecule has 0 fully saturated rings. The molecule has 0 spiro atoms. The van der Waals surface area contributed by atoms with Gasteiger partial charge in [0, 0.05) is 12.1 Å². The van der Waals surface area contributed by atoms with Crippen LogP contribution in [-0.2, 0) is 12.8 Å². The van der Waals surface area contributed by atoms with Gasteiger partial charge in [0.25, 0.3) is 6.01 Å². The molecule has 2 rings (SSSR count). The van der Waals surface area contributed by atoms with E-state index in [-0.39, 0.29) is 0 Å². The lowest BCUT2D eigenvalue weighted by Crippen LogP contribution is -1.94. The molecular formula is C13H15ClN2O. The summed E-state index contributed by atoms with van der Waals surface area (Å²) in [6, 6.07) is 8.47. The minimum atomic E-state index is 0.577. The van der Waals surface area contributed by atoms with Crippen LogP contribution < -0.4 is 5.32 Å². The maximum Gasteiger partial charge on any atom is 0.294 e. The Labute approximate surface area is 106 Å². The van der Waals surface area contributed by atoms with Crippen LogP contribution in [-0.4, -0.2) is 12.0 Å². The highest BCUT2D eigenvalue weighted by atomic mass is 35.5. The van der Waals surface area contributed by atoms with E-state index >= 15 is 0 Å². The Kier molecular flexibility index (Phi) is 3.69. The molecule has 90 valence electrons. The van der Waals surface area contributed by atoms with Gasteiger partial charge in [-0.05, 0) is 37.5 Å². The summed E-state index contributed by atoms with van der Waals surface area (Å²) in [5.74, 6) is 0.878. The predicted octanol–water partition coefficient (Wildman–Crippen LogP) is 3.46. The van der Waals surface area contributed by atoms with Gasteiger partial charge in [0.15, 0.2) is 0 Å². The van der Waals surface area contributed by atoms with Crippen LogP contribution in [0.3, 0.4) is 0 Å². The number of aryl methyl sites for hydroxylation is 3. The Morgan fingerprint density at radius 2 is 1.94 bits per heavy atom. The predicted molar refractivity (Wildman–Crippen MR) is 69.6 cm³/mol. The highest BCUT2D eigenvalue weighted by Crippen LogP contribution is 2.16. The second-order valence-electron chi connectivity index (χ2n) is 3.90. The average molecular weight is 251 g/mol. The van der Waals surface area contributed by atoms with E-state index in [1.165, 1.54) is 5.56 Å². The number of oxazole rings is 1. The highest BCUT2D eigenvalue weighted by Gasteiger charge is 2.08. The first-order valence-corrected chi connectivity index (χ1v) is 5.95. The van der Waals surface area contributed by atoms with Crippen LogP contribution in [0.15, 0.2) is 28.7 Å². The van der Waals surface area contributed by atoms with Crippen LogP contribution in [0.1, 0.15) is 17.0 Å². The Balaban J connectivity index is 2.01. The van der Waals surface area contributed by atoms with Gasteiger partial charge >= 0.3 is 0 Å². The molecule has 4 heteroatoms. The van der Waals surface area contributed by atoms with Gasteiger partial charge in [0.1, 0.15) is 5.76 Å². The summed E-state index contributed by atoms with van der Waals surface area (Å²) in [5.41, 5.74) is 2.26. The number of hydrogen-bond donors (Lipinski definition) is 1. The Morgan fingerprint density at radius 3 is 2.53 bits per heavy atom. The molecule has 1 N–H and O–H groups in total. The topological polar surface area (TPSA) is 38.1 Å². The lowest BCUT2D eigenvalue weighted by molar-refractivity contribution is 0.540. The summed E-state index contributed by atoms with van der Waals surface area (Å²) in [4.78, 5) is 4.36. The van der Waals surface area contributed by atoms with Crippen LogP contribution in [0.4, 0.5) is 6.01 Å². The molecule has 1 aromatic carbocycles. The second-order valence-corrected chi connectivity index (χ2v) is 4.33. The molecule has 0 aliphatic heterocycles. The molecule has 1 aromatic heterocycles. The molecule has 0 saturated heterocycles. The van der Waals surface area contributed by atoms with Crippen molar-refractivity contribution >= 4 is 17.6 Å². The Morgan fingerprint density at radius 1 is 1.24 bits per heavy atom. The average Bonchev–Trinajstić information content (AvgIpc) is 2.69. The van der Waals surface area contributed by atoms with Crippen molar-refractivity contribution in [2.45, 2.75) is 19.8 Å². The summed E-state index contributed by atoms with van der Waals surface area (Å²) in [6.45, 7) is 1.94. The lowest BCUT2D eigenvalue weighted by atomic mass is 10.1. The number of benzene rings is 1. The first-order valence-electron chi connectivity index (χ1n) is 5.57. The van der Waals surface area contributed by atoms with Crippen LogP contribution in [0.5, 0.6) is 0 Å². The van der Waals surface area contributed by atoms with E-state index in [9.17, 15) is 0 Å². The maximum absolute atomic E-state index is 5.84. The number of nitrogens with one attached hydrogen (secondary N) is 1. The van der Waals surface area contributed by atoms with Crippen LogP contribution in [0, 0.1) is 6.92 Å². The molecule has 0 aliphatic rings. The smallest absolute Gasteiger partial charge is 0.294 e. The SMILES string of the molecule is CNc1nc(CCc2ccc(Cl)cc2)c(C)o1. The summed E-state index contributed by atoms with van der Waals surface area (Å²) >= 11 is 5.84. The standard InChI is InChI=1S/C13H15ClN2O/c1-9-12(16-13(15-2)17-9)8-5-10-3-6-11(14)7-4-10/h3-4,6-7H,5,8H2,1-2H3,(H,15,16). The van der Waals surface area contributed by atoms with Crippen LogP contribution >= 0.6 is 11.6 Å². The van der Waals surface area contributed by atoms with Gasteiger partial charge in [-0.15, -0.1) is 0 Å². The van der Waals surface area contributed by atoms with Crippen molar-refractivity contribution in [3.8, 4) is 0 Å². The molecule has 0 atom stereocenters. The van der Waals surface area contributed by atoms with E-state index < -0.39 is 0 Å². The van der Waals surface area contributed by atoms with Gasteiger partial charge in [-0.1, -0.05) is 23.7 Å². The summed E-state index contributed by atoms with van der Waals surface area (Å²) in [6.07, 6.45) is 1.81. The van der Waals surface area contributed by atoms with Crippen molar-refractivity contribution in [2.24, 2.45) is 0 Å². The number of hydrogen-bond acceptors (Lipinski definition) is 3. The van der Waals surface area contributed by atoms with Gasteiger partial charge in [-0.3, -0.25) is 0 Å². The molecule has 3 nitrogen and oxygen atoms in total. The molecule has 0 unspecified atom stereocenters. The van der Waals surface area contributed by atoms with E-state index in [1.54, 1.807) is 7.05 Å². The number of rotatable bonds is 4. The van der Waals surface area contributed by atoms with Crippen LogP contribution in [0.25, 0.3) is 0 Å². The van der Waals surface area contributed by atoms with Crippen LogP contribution in [0.2, 0.25) is 5.02 Å². The Hall–Kier alpha value is -1.48. The molecule has 0 aliphatic carbocycles. The first-order chi connectivity index (χ1) is 8.19.